The molecule has 2 heterocycles. The number of nitrogens with one attached hydrogen (secondary N) is 2. The number of carbonyl (C=O) groups excluding carboxylic acids is 1. The SMILES string of the molecule is CCCOc1cc(C(=O)Nc2ccc(C)c(Nc3nccc(-c4cccnc4)n3)c2)ccc1C[SH](=O)=O. The van der Waals surface area contributed by atoms with Crippen LogP contribution < -0.4 is 15.4 Å². The van der Waals surface area contributed by atoms with Gasteiger partial charge in [-0.05, 0) is 61.4 Å². The molecule has 2 aromatic heterocycles. The van der Waals surface area contributed by atoms with Crippen LogP contribution in [0.3, 0.4) is 0 Å². The smallest absolute Gasteiger partial charge is 0.255 e. The van der Waals surface area contributed by atoms with Crippen LogP contribution in [-0.2, 0) is 16.5 Å². The first-order valence-electron chi connectivity index (χ1n) is 11.7. The number of carbonyl (C=O) groups is 1. The second-order valence-electron chi connectivity index (χ2n) is 8.28. The van der Waals surface area contributed by atoms with Gasteiger partial charge in [0.15, 0.2) is 0 Å². The summed E-state index contributed by atoms with van der Waals surface area (Å²) in [5.74, 6) is 0.320. The zero-order valence-electron chi connectivity index (χ0n) is 20.5. The molecule has 0 saturated carbocycles. The number of benzene rings is 2. The lowest BCUT2D eigenvalue weighted by Crippen LogP contribution is -2.13. The Morgan fingerprint density at radius 1 is 1.05 bits per heavy atom. The molecule has 4 rings (SSSR count). The molecule has 1 amide bonds. The van der Waals surface area contributed by atoms with Gasteiger partial charge in [0, 0.05) is 46.7 Å². The lowest BCUT2D eigenvalue weighted by atomic mass is 10.1. The predicted octanol–water partition coefficient (Wildman–Crippen LogP) is 4.74. The van der Waals surface area contributed by atoms with E-state index in [-0.39, 0.29) is 11.7 Å². The Morgan fingerprint density at radius 3 is 2.68 bits per heavy atom. The van der Waals surface area contributed by atoms with E-state index < -0.39 is 10.7 Å². The second-order valence-corrected chi connectivity index (χ2v) is 9.26. The third kappa shape index (κ3) is 6.89. The summed E-state index contributed by atoms with van der Waals surface area (Å²) in [6, 6.07) is 15.8. The molecule has 0 radical (unpaired) electrons. The van der Waals surface area contributed by atoms with Gasteiger partial charge in [-0.1, -0.05) is 19.1 Å². The van der Waals surface area contributed by atoms with Gasteiger partial charge in [-0.2, -0.15) is 0 Å². The first kappa shape index (κ1) is 25.8. The van der Waals surface area contributed by atoms with Gasteiger partial charge < -0.3 is 15.4 Å². The molecule has 0 fully saturated rings. The number of anilines is 3. The van der Waals surface area contributed by atoms with Gasteiger partial charge >= 0.3 is 0 Å². The number of nitrogens with zero attached hydrogens (tertiary/aromatic N) is 3. The zero-order chi connectivity index (χ0) is 26.2. The topological polar surface area (TPSA) is 123 Å². The van der Waals surface area contributed by atoms with Crippen LogP contribution in [0.15, 0.2) is 73.2 Å². The number of aryl methyl sites for hydroxylation is 1. The highest BCUT2D eigenvalue weighted by Gasteiger charge is 2.13. The fourth-order valence-corrected chi connectivity index (χ4v) is 4.10. The molecule has 2 aromatic carbocycles. The normalized spacial score (nSPS) is 10.8. The highest BCUT2D eigenvalue weighted by molar-refractivity contribution is 7.71. The fraction of sp³-hybridized carbons (Fsp3) is 0.185. The summed E-state index contributed by atoms with van der Waals surface area (Å²) >= 11 is 0. The molecular formula is C27H27N5O4S. The van der Waals surface area contributed by atoms with Crippen molar-refractivity contribution in [2.75, 3.05) is 17.2 Å². The minimum atomic E-state index is -2.62. The first-order chi connectivity index (χ1) is 17.9. The van der Waals surface area contributed by atoms with E-state index in [2.05, 4.69) is 25.6 Å². The molecule has 9 nitrogen and oxygen atoms in total. The Hall–Kier alpha value is -4.31. The number of hydrogen-bond acceptors (Lipinski definition) is 8. The van der Waals surface area contributed by atoms with Gasteiger partial charge in [-0.15, -0.1) is 0 Å². The summed E-state index contributed by atoms with van der Waals surface area (Å²) in [7, 11) is -2.62. The molecule has 0 saturated heterocycles. The van der Waals surface area contributed by atoms with Crippen molar-refractivity contribution in [2.24, 2.45) is 0 Å². The van der Waals surface area contributed by atoms with E-state index >= 15 is 0 Å². The van der Waals surface area contributed by atoms with Gasteiger partial charge in [0.05, 0.1) is 18.1 Å². The predicted molar refractivity (Wildman–Crippen MR) is 144 cm³/mol. The van der Waals surface area contributed by atoms with Gasteiger partial charge in [-0.3, -0.25) is 9.78 Å². The van der Waals surface area contributed by atoms with E-state index in [1.165, 1.54) is 0 Å². The number of ether oxygens (including phenoxy) is 1. The summed E-state index contributed by atoms with van der Waals surface area (Å²) in [5.41, 5.74) is 4.75. The Kier molecular flexibility index (Phi) is 8.42. The molecule has 0 spiro atoms. The Morgan fingerprint density at radius 2 is 1.92 bits per heavy atom. The van der Waals surface area contributed by atoms with Crippen molar-refractivity contribution in [3.05, 3.63) is 89.9 Å². The molecule has 0 aliphatic carbocycles. The van der Waals surface area contributed by atoms with Crippen LogP contribution in [0.4, 0.5) is 17.3 Å². The third-order valence-corrected chi connectivity index (χ3v) is 6.04. The van der Waals surface area contributed by atoms with E-state index in [1.807, 2.05) is 38.1 Å². The summed E-state index contributed by atoms with van der Waals surface area (Å²) < 4.78 is 28.1. The number of amides is 1. The number of thiol groups is 1. The second kappa shape index (κ2) is 12.1. The minimum absolute atomic E-state index is 0.146. The van der Waals surface area contributed by atoms with Crippen molar-refractivity contribution in [3.8, 4) is 17.0 Å². The van der Waals surface area contributed by atoms with Crippen LogP contribution in [0, 0.1) is 6.92 Å². The Labute approximate surface area is 216 Å². The summed E-state index contributed by atoms with van der Waals surface area (Å²) in [6.07, 6.45) is 5.87. The van der Waals surface area contributed by atoms with Crippen molar-refractivity contribution < 1.29 is 17.9 Å². The lowest BCUT2D eigenvalue weighted by Gasteiger charge is -2.13. The molecule has 10 heteroatoms. The summed E-state index contributed by atoms with van der Waals surface area (Å²) in [4.78, 5) is 26.0. The number of rotatable bonds is 10. The summed E-state index contributed by atoms with van der Waals surface area (Å²) in [6.45, 7) is 4.31. The third-order valence-electron chi connectivity index (χ3n) is 5.45. The Bertz CT molecular complexity index is 1470. The molecule has 0 bridgehead atoms. The van der Waals surface area contributed by atoms with Crippen LogP contribution in [0.5, 0.6) is 5.75 Å². The van der Waals surface area contributed by atoms with Crippen LogP contribution in [0.1, 0.15) is 34.8 Å². The molecule has 2 N–H and O–H groups in total. The van der Waals surface area contributed by atoms with Gasteiger partial charge in [-0.25, -0.2) is 18.4 Å². The molecule has 0 unspecified atom stereocenters. The van der Waals surface area contributed by atoms with Crippen molar-refractivity contribution >= 4 is 33.9 Å². The van der Waals surface area contributed by atoms with Gasteiger partial charge in [0.25, 0.3) is 5.91 Å². The number of aromatic nitrogens is 3. The molecular weight excluding hydrogens is 490 g/mol. The fourth-order valence-electron chi connectivity index (χ4n) is 3.56. The maximum atomic E-state index is 13.0. The van der Waals surface area contributed by atoms with Crippen molar-refractivity contribution in [1.29, 1.82) is 0 Å². The van der Waals surface area contributed by atoms with Gasteiger partial charge in [0.2, 0.25) is 5.95 Å². The average Bonchev–Trinajstić information content (AvgIpc) is 2.90. The first-order valence-corrected chi connectivity index (χ1v) is 13.1. The van der Waals surface area contributed by atoms with Gasteiger partial charge in [0.1, 0.15) is 16.5 Å². The molecule has 0 aliphatic rings. The van der Waals surface area contributed by atoms with Crippen molar-refractivity contribution in [1.82, 2.24) is 15.0 Å². The molecule has 0 atom stereocenters. The lowest BCUT2D eigenvalue weighted by molar-refractivity contribution is 0.102. The van der Waals surface area contributed by atoms with E-state index in [0.29, 0.717) is 35.1 Å². The van der Waals surface area contributed by atoms with Crippen LogP contribution in [-0.4, -0.2) is 35.9 Å². The quantitative estimate of drug-likeness (QED) is 0.258. The van der Waals surface area contributed by atoms with E-state index in [9.17, 15) is 13.2 Å². The maximum Gasteiger partial charge on any atom is 0.255 e. The summed E-state index contributed by atoms with van der Waals surface area (Å²) in [5, 5.41) is 6.11. The maximum absolute atomic E-state index is 13.0. The zero-order valence-corrected chi connectivity index (χ0v) is 21.4. The standard InChI is InChI=1S/C27H27N5O4S/c1-3-13-36-25-14-19(7-8-21(25)17-37(34)35)26(33)30-22-9-6-18(2)24(15-22)32-27-29-12-10-23(31-27)20-5-4-11-28-16-20/h4-12,14-16,37H,3,13,17H2,1-2H3,(H,30,33)(H,29,31,32). The largest absolute Gasteiger partial charge is 0.493 e. The highest BCUT2D eigenvalue weighted by Crippen LogP contribution is 2.26. The van der Waals surface area contributed by atoms with E-state index in [4.69, 9.17) is 4.74 Å². The number of hydrogen-bond donors (Lipinski definition) is 3. The number of pyridine rings is 1. The van der Waals surface area contributed by atoms with E-state index in [0.717, 1.165) is 28.9 Å². The Balaban J connectivity index is 1.53. The van der Waals surface area contributed by atoms with E-state index in [1.54, 1.807) is 48.9 Å². The minimum Gasteiger partial charge on any atom is -0.493 e. The van der Waals surface area contributed by atoms with Crippen LogP contribution in [0.2, 0.25) is 0 Å². The van der Waals surface area contributed by atoms with Crippen LogP contribution >= 0.6 is 0 Å². The molecule has 190 valence electrons. The molecule has 0 aliphatic heterocycles. The van der Waals surface area contributed by atoms with Crippen molar-refractivity contribution in [3.63, 3.8) is 0 Å². The monoisotopic (exact) mass is 517 g/mol. The van der Waals surface area contributed by atoms with Crippen molar-refractivity contribution in [2.45, 2.75) is 26.0 Å². The molecule has 37 heavy (non-hydrogen) atoms. The highest BCUT2D eigenvalue weighted by atomic mass is 32.2. The average molecular weight is 518 g/mol. The molecule has 4 aromatic rings. The van der Waals surface area contributed by atoms with Crippen LogP contribution in [0.25, 0.3) is 11.3 Å².